The van der Waals surface area contributed by atoms with Gasteiger partial charge >= 0.3 is 10.2 Å². The maximum atomic E-state index is 13.2. The lowest BCUT2D eigenvalue weighted by Gasteiger charge is -2.17. The lowest BCUT2D eigenvalue weighted by molar-refractivity contribution is -0.108. The van der Waals surface area contributed by atoms with Crippen molar-refractivity contribution in [2.75, 3.05) is 10.8 Å². The predicted molar refractivity (Wildman–Crippen MR) is 86.6 cm³/mol. The first-order valence-corrected chi connectivity index (χ1v) is 8.64. The van der Waals surface area contributed by atoms with Crippen LogP contribution in [0.4, 0.5) is 10.1 Å². The molecule has 3 rings (SSSR count). The van der Waals surface area contributed by atoms with Crippen LogP contribution in [0.2, 0.25) is 0 Å². The maximum absolute atomic E-state index is 13.2. The first kappa shape index (κ1) is 16.4. The molecule has 1 heterocycles. The molecule has 2 aromatic carbocycles. The molecule has 0 aromatic heterocycles. The third-order valence-corrected chi connectivity index (χ3v) is 5.25. The number of aromatic hydroxyl groups is 1. The molecule has 0 spiro atoms. The molecular formula is C16H15FN2O4S. The zero-order chi connectivity index (χ0) is 17.3. The third kappa shape index (κ3) is 3.24. The Balaban J connectivity index is 1.86. The van der Waals surface area contributed by atoms with E-state index in [1.807, 2.05) is 0 Å². The fourth-order valence-electron chi connectivity index (χ4n) is 2.64. The number of hydrogen-bond donors (Lipinski definition) is 2. The van der Waals surface area contributed by atoms with E-state index < -0.39 is 16.3 Å². The van der Waals surface area contributed by atoms with Gasteiger partial charge in [0.25, 0.3) is 0 Å². The summed E-state index contributed by atoms with van der Waals surface area (Å²) in [5.41, 5.74) is 1.53. The highest BCUT2D eigenvalue weighted by Gasteiger charge is 2.36. The Morgan fingerprint density at radius 2 is 2.00 bits per heavy atom. The topological polar surface area (TPSA) is 86.7 Å². The van der Waals surface area contributed by atoms with Gasteiger partial charge < -0.3 is 9.90 Å². The minimum absolute atomic E-state index is 0.0807. The van der Waals surface area contributed by atoms with E-state index in [1.165, 1.54) is 24.3 Å². The van der Waals surface area contributed by atoms with Gasteiger partial charge in [-0.05, 0) is 41.8 Å². The number of carbonyl (C=O) groups excluding carboxylic acids is 1. The standard InChI is InChI=1S/C16H15FN2O4S/c17-13-3-1-2-11(7-13)6-12-4-5-15(16(21)8-12)19-9-14(10-20)18-24(19,22)23/h1-5,7-8,10,14,18,21H,6,9H2. The van der Waals surface area contributed by atoms with Crippen LogP contribution in [0.3, 0.4) is 0 Å². The molecule has 2 N–H and O–H groups in total. The van der Waals surface area contributed by atoms with Gasteiger partial charge in [0.05, 0.1) is 18.3 Å². The molecule has 0 radical (unpaired) electrons. The first-order valence-electron chi connectivity index (χ1n) is 7.20. The number of hydrogen-bond acceptors (Lipinski definition) is 4. The molecule has 8 heteroatoms. The van der Waals surface area contributed by atoms with Gasteiger partial charge in [0.15, 0.2) is 0 Å². The SMILES string of the molecule is O=CC1CN(c2ccc(Cc3cccc(F)c3)cc2O)S(=O)(=O)N1. The molecule has 1 atom stereocenters. The van der Waals surface area contributed by atoms with Gasteiger partial charge in [0, 0.05) is 0 Å². The number of halogens is 1. The van der Waals surface area contributed by atoms with Gasteiger partial charge in [-0.3, -0.25) is 4.31 Å². The molecule has 24 heavy (non-hydrogen) atoms. The molecule has 0 bridgehead atoms. The Labute approximate surface area is 138 Å². The number of carbonyl (C=O) groups is 1. The van der Waals surface area contributed by atoms with Crippen LogP contribution in [0.15, 0.2) is 42.5 Å². The van der Waals surface area contributed by atoms with Gasteiger partial charge in [0.2, 0.25) is 0 Å². The minimum atomic E-state index is -3.86. The monoisotopic (exact) mass is 350 g/mol. The summed E-state index contributed by atoms with van der Waals surface area (Å²) in [6.07, 6.45) is 0.903. The second kappa shape index (κ2) is 6.21. The highest BCUT2D eigenvalue weighted by Crippen LogP contribution is 2.32. The van der Waals surface area contributed by atoms with Crippen molar-refractivity contribution in [3.8, 4) is 5.75 Å². The highest BCUT2D eigenvalue weighted by atomic mass is 32.2. The van der Waals surface area contributed by atoms with E-state index in [0.717, 1.165) is 9.87 Å². The van der Waals surface area contributed by atoms with Crippen LogP contribution in [0.5, 0.6) is 5.75 Å². The van der Waals surface area contributed by atoms with E-state index in [4.69, 9.17) is 0 Å². The lowest BCUT2D eigenvalue weighted by Crippen LogP contribution is -2.30. The van der Waals surface area contributed by atoms with Crippen molar-refractivity contribution in [3.63, 3.8) is 0 Å². The molecule has 1 aliphatic rings. The van der Waals surface area contributed by atoms with Crippen molar-refractivity contribution < 1.29 is 22.7 Å². The van der Waals surface area contributed by atoms with Crippen molar-refractivity contribution in [3.05, 3.63) is 59.4 Å². The largest absolute Gasteiger partial charge is 0.506 e. The fraction of sp³-hybridized carbons (Fsp3) is 0.188. The van der Waals surface area contributed by atoms with Crippen molar-refractivity contribution >= 4 is 22.2 Å². The van der Waals surface area contributed by atoms with E-state index >= 15 is 0 Å². The third-order valence-electron chi connectivity index (χ3n) is 3.72. The molecule has 1 saturated heterocycles. The van der Waals surface area contributed by atoms with Gasteiger partial charge in [0.1, 0.15) is 17.9 Å². The Hall–Kier alpha value is -2.45. The Morgan fingerprint density at radius 3 is 2.62 bits per heavy atom. The van der Waals surface area contributed by atoms with Crippen LogP contribution < -0.4 is 9.03 Å². The Bertz CT molecular complexity index is 885. The Morgan fingerprint density at radius 1 is 1.25 bits per heavy atom. The minimum Gasteiger partial charge on any atom is -0.506 e. The van der Waals surface area contributed by atoms with Gasteiger partial charge in [-0.2, -0.15) is 13.1 Å². The van der Waals surface area contributed by atoms with Crippen molar-refractivity contribution in [2.24, 2.45) is 0 Å². The van der Waals surface area contributed by atoms with Crippen molar-refractivity contribution in [1.29, 1.82) is 0 Å². The van der Waals surface area contributed by atoms with Crippen molar-refractivity contribution in [1.82, 2.24) is 4.72 Å². The molecular weight excluding hydrogens is 335 g/mol. The van der Waals surface area contributed by atoms with E-state index in [1.54, 1.807) is 18.2 Å². The second-order valence-electron chi connectivity index (χ2n) is 5.53. The first-order chi connectivity index (χ1) is 11.4. The van der Waals surface area contributed by atoms with E-state index in [-0.39, 0.29) is 23.8 Å². The number of anilines is 1. The molecule has 2 aromatic rings. The maximum Gasteiger partial charge on any atom is 0.302 e. The average Bonchev–Trinajstić information content (AvgIpc) is 2.82. The highest BCUT2D eigenvalue weighted by molar-refractivity contribution is 7.91. The summed E-state index contributed by atoms with van der Waals surface area (Å²) in [7, 11) is -3.86. The molecule has 1 unspecified atom stereocenters. The summed E-state index contributed by atoms with van der Waals surface area (Å²) in [5, 5.41) is 10.2. The summed E-state index contributed by atoms with van der Waals surface area (Å²) in [6, 6.07) is 9.82. The van der Waals surface area contributed by atoms with Crippen LogP contribution >= 0.6 is 0 Å². The molecule has 0 aliphatic carbocycles. The molecule has 126 valence electrons. The summed E-state index contributed by atoms with van der Waals surface area (Å²) in [5.74, 6) is -0.566. The zero-order valence-corrected chi connectivity index (χ0v) is 13.3. The van der Waals surface area contributed by atoms with Crippen LogP contribution in [-0.4, -0.2) is 32.4 Å². The number of phenolic OH excluding ortho intramolecular Hbond substituents is 1. The van der Waals surface area contributed by atoms with Gasteiger partial charge in [-0.25, -0.2) is 4.39 Å². The van der Waals surface area contributed by atoms with Gasteiger partial charge in [-0.1, -0.05) is 18.2 Å². The van der Waals surface area contributed by atoms with Gasteiger partial charge in [-0.15, -0.1) is 0 Å². The zero-order valence-electron chi connectivity index (χ0n) is 12.5. The Kier molecular flexibility index (Phi) is 4.25. The molecule has 1 aliphatic heterocycles. The molecule has 0 saturated carbocycles. The molecule has 1 fully saturated rings. The van der Waals surface area contributed by atoms with E-state index in [9.17, 15) is 22.7 Å². The van der Waals surface area contributed by atoms with Crippen LogP contribution in [-0.2, 0) is 21.4 Å². The normalized spacial score (nSPS) is 19.4. The number of nitrogens with one attached hydrogen (secondary N) is 1. The summed E-state index contributed by atoms with van der Waals surface area (Å²) in [4.78, 5) is 10.8. The number of aldehydes is 1. The second-order valence-corrected chi connectivity index (χ2v) is 7.15. The quantitative estimate of drug-likeness (QED) is 0.815. The summed E-state index contributed by atoms with van der Waals surface area (Å²) in [6.45, 7) is -0.0807. The summed E-state index contributed by atoms with van der Waals surface area (Å²) < 4.78 is 40.4. The van der Waals surface area contributed by atoms with Crippen LogP contribution in [0.25, 0.3) is 0 Å². The fourth-order valence-corrected chi connectivity index (χ4v) is 4.05. The smallest absolute Gasteiger partial charge is 0.302 e. The van der Waals surface area contributed by atoms with Crippen LogP contribution in [0.1, 0.15) is 11.1 Å². The van der Waals surface area contributed by atoms with E-state index in [0.29, 0.717) is 18.3 Å². The summed E-state index contributed by atoms with van der Waals surface area (Å²) >= 11 is 0. The molecule has 6 nitrogen and oxygen atoms in total. The predicted octanol–water partition coefficient (Wildman–Crippen LogP) is 1.34. The number of rotatable bonds is 4. The lowest BCUT2D eigenvalue weighted by atomic mass is 10.0. The number of phenols is 1. The average molecular weight is 350 g/mol. The number of benzene rings is 2. The molecule has 0 amide bonds. The van der Waals surface area contributed by atoms with Crippen molar-refractivity contribution in [2.45, 2.75) is 12.5 Å². The number of nitrogens with zero attached hydrogens (tertiary/aromatic N) is 1. The van der Waals surface area contributed by atoms with E-state index in [2.05, 4.69) is 4.72 Å². The van der Waals surface area contributed by atoms with Crippen LogP contribution in [0, 0.1) is 5.82 Å².